The van der Waals surface area contributed by atoms with E-state index in [0.29, 0.717) is 0 Å². The predicted molar refractivity (Wildman–Crippen MR) is 81.4 cm³/mol. The molecule has 1 aliphatic heterocycles. The minimum Gasteiger partial charge on any atom is -0.373 e. The standard InChI is InChI=1S/C17H29NO/c1-4-6-10-15(5-2)17(18-3)13-8-7-11-16(17)12-9-14-19-16/h5-6,10,18H,4,7-9,11-14H2,1-3H3/b10-6-,15-5-. The molecule has 19 heavy (non-hydrogen) atoms. The van der Waals surface area contributed by atoms with Gasteiger partial charge in [-0.05, 0) is 51.6 Å². The van der Waals surface area contributed by atoms with Gasteiger partial charge in [0.25, 0.3) is 0 Å². The second kappa shape index (κ2) is 6.23. The van der Waals surface area contributed by atoms with Gasteiger partial charge in [0.05, 0.1) is 11.1 Å². The van der Waals surface area contributed by atoms with E-state index >= 15 is 0 Å². The third-order valence-electron chi connectivity index (χ3n) is 5.03. The number of hydrogen-bond acceptors (Lipinski definition) is 2. The van der Waals surface area contributed by atoms with Crippen LogP contribution >= 0.6 is 0 Å². The van der Waals surface area contributed by atoms with Crippen LogP contribution in [0.25, 0.3) is 0 Å². The topological polar surface area (TPSA) is 21.3 Å². The molecule has 2 heteroatoms. The number of likely N-dealkylation sites (N-methyl/N-ethyl adjacent to an activating group) is 1. The van der Waals surface area contributed by atoms with Crippen molar-refractivity contribution in [2.24, 2.45) is 0 Å². The van der Waals surface area contributed by atoms with Crippen molar-refractivity contribution in [3.63, 3.8) is 0 Å². The number of rotatable bonds is 4. The molecule has 2 atom stereocenters. The van der Waals surface area contributed by atoms with Crippen LogP contribution in [0.5, 0.6) is 0 Å². The lowest BCUT2D eigenvalue weighted by molar-refractivity contribution is -0.0801. The monoisotopic (exact) mass is 263 g/mol. The molecule has 2 rings (SSSR count). The number of allylic oxidation sites excluding steroid dienone is 2. The summed E-state index contributed by atoms with van der Waals surface area (Å²) in [4.78, 5) is 0. The lowest BCUT2D eigenvalue weighted by atomic mass is 9.64. The van der Waals surface area contributed by atoms with Gasteiger partial charge in [0.2, 0.25) is 0 Å². The molecule has 0 aromatic rings. The molecule has 0 radical (unpaired) electrons. The maximum absolute atomic E-state index is 6.31. The van der Waals surface area contributed by atoms with Crippen LogP contribution in [0.15, 0.2) is 23.8 Å². The molecular formula is C17H29NO. The van der Waals surface area contributed by atoms with Crippen LogP contribution in [0.3, 0.4) is 0 Å². The highest BCUT2D eigenvalue weighted by Gasteiger charge is 2.55. The zero-order valence-electron chi connectivity index (χ0n) is 12.8. The van der Waals surface area contributed by atoms with E-state index in [1.165, 1.54) is 44.1 Å². The van der Waals surface area contributed by atoms with Gasteiger partial charge in [0.1, 0.15) is 0 Å². The van der Waals surface area contributed by atoms with Crippen molar-refractivity contribution in [3.8, 4) is 0 Å². The van der Waals surface area contributed by atoms with Crippen molar-refractivity contribution in [1.82, 2.24) is 5.32 Å². The van der Waals surface area contributed by atoms with E-state index in [9.17, 15) is 0 Å². The van der Waals surface area contributed by atoms with Gasteiger partial charge < -0.3 is 10.1 Å². The number of ether oxygens (including phenoxy) is 1. The maximum atomic E-state index is 6.31. The highest BCUT2D eigenvalue weighted by Crippen LogP contribution is 2.49. The van der Waals surface area contributed by atoms with Gasteiger partial charge in [-0.3, -0.25) is 0 Å². The summed E-state index contributed by atoms with van der Waals surface area (Å²) in [5, 5.41) is 3.67. The van der Waals surface area contributed by atoms with Gasteiger partial charge in [0, 0.05) is 6.61 Å². The van der Waals surface area contributed by atoms with E-state index in [4.69, 9.17) is 4.74 Å². The van der Waals surface area contributed by atoms with Crippen molar-refractivity contribution in [2.45, 2.75) is 69.9 Å². The number of hydrogen-bond donors (Lipinski definition) is 1. The van der Waals surface area contributed by atoms with Crippen LogP contribution < -0.4 is 5.32 Å². The molecule has 0 amide bonds. The molecule has 0 aromatic heterocycles. The number of nitrogens with one attached hydrogen (secondary N) is 1. The third-order valence-corrected chi connectivity index (χ3v) is 5.03. The zero-order chi connectivity index (χ0) is 13.8. The second-order valence-electron chi connectivity index (χ2n) is 5.86. The smallest absolute Gasteiger partial charge is 0.0905 e. The Hall–Kier alpha value is -0.600. The van der Waals surface area contributed by atoms with Crippen LogP contribution in [0.2, 0.25) is 0 Å². The fourth-order valence-electron chi connectivity index (χ4n) is 4.11. The van der Waals surface area contributed by atoms with Crippen molar-refractivity contribution >= 4 is 0 Å². The summed E-state index contributed by atoms with van der Waals surface area (Å²) < 4.78 is 6.31. The van der Waals surface area contributed by atoms with Crippen molar-refractivity contribution in [2.75, 3.05) is 13.7 Å². The largest absolute Gasteiger partial charge is 0.373 e. The first-order valence-corrected chi connectivity index (χ1v) is 7.91. The van der Waals surface area contributed by atoms with Gasteiger partial charge >= 0.3 is 0 Å². The highest BCUT2D eigenvalue weighted by atomic mass is 16.5. The average Bonchev–Trinajstić information content (AvgIpc) is 2.91. The fraction of sp³-hybridized carbons (Fsp3) is 0.765. The molecule has 1 aliphatic carbocycles. The Labute approximate surface area is 118 Å². The van der Waals surface area contributed by atoms with Gasteiger partial charge in [-0.1, -0.05) is 38.0 Å². The molecule has 2 nitrogen and oxygen atoms in total. The first-order chi connectivity index (χ1) is 9.24. The fourth-order valence-corrected chi connectivity index (χ4v) is 4.11. The molecule has 0 aromatic carbocycles. The van der Waals surface area contributed by atoms with Crippen LogP contribution in [-0.4, -0.2) is 24.8 Å². The SMILES string of the molecule is C/C=C(/C=C\CC)C1(NC)CCCCC12CCCO2. The van der Waals surface area contributed by atoms with Crippen molar-refractivity contribution < 1.29 is 4.74 Å². The molecule has 2 unspecified atom stereocenters. The summed E-state index contributed by atoms with van der Waals surface area (Å²) in [6, 6.07) is 0. The molecular weight excluding hydrogens is 234 g/mol. The minimum atomic E-state index is 0.0160. The van der Waals surface area contributed by atoms with E-state index in [1.807, 2.05) is 0 Å². The minimum absolute atomic E-state index is 0.0160. The highest BCUT2D eigenvalue weighted by molar-refractivity contribution is 5.37. The van der Waals surface area contributed by atoms with Crippen LogP contribution in [0.4, 0.5) is 0 Å². The molecule has 1 saturated heterocycles. The Morgan fingerprint density at radius 1 is 1.21 bits per heavy atom. The summed E-state index contributed by atoms with van der Waals surface area (Å²) >= 11 is 0. The molecule has 1 spiro atoms. The quantitative estimate of drug-likeness (QED) is 0.775. The van der Waals surface area contributed by atoms with Crippen LogP contribution in [0.1, 0.15) is 58.8 Å². The Bertz CT molecular complexity index is 352. The van der Waals surface area contributed by atoms with Gasteiger partial charge in [-0.25, -0.2) is 0 Å². The zero-order valence-corrected chi connectivity index (χ0v) is 12.8. The Kier molecular flexibility index (Phi) is 4.86. The second-order valence-corrected chi connectivity index (χ2v) is 5.86. The van der Waals surface area contributed by atoms with Gasteiger partial charge in [0.15, 0.2) is 0 Å². The Balaban J connectivity index is 2.39. The summed E-state index contributed by atoms with van der Waals surface area (Å²) in [5.41, 5.74) is 1.46. The summed E-state index contributed by atoms with van der Waals surface area (Å²) in [6.07, 6.45) is 15.3. The van der Waals surface area contributed by atoms with E-state index in [-0.39, 0.29) is 11.1 Å². The predicted octanol–water partition coefficient (Wildman–Crippen LogP) is 3.98. The molecule has 2 aliphatic rings. The summed E-state index contributed by atoms with van der Waals surface area (Å²) in [6.45, 7) is 5.28. The Morgan fingerprint density at radius 2 is 1.95 bits per heavy atom. The first kappa shape index (κ1) is 14.8. The van der Waals surface area contributed by atoms with Gasteiger partial charge in [-0.15, -0.1) is 0 Å². The van der Waals surface area contributed by atoms with E-state index in [0.717, 1.165) is 13.0 Å². The molecule has 0 bridgehead atoms. The molecule has 108 valence electrons. The van der Waals surface area contributed by atoms with Crippen molar-refractivity contribution in [1.29, 1.82) is 0 Å². The molecule has 1 saturated carbocycles. The summed E-state index contributed by atoms with van der Waals surface area (Å²) in [7, 11) is 2.11. The first-order valence-electron chi connectivity index (χ1n) is 7.91. The van der Waals surface area contributed by atoms with Crippen LogP contribution in [-0.2, 0) is 4.74 Å². The van der Waals surface area contributed by atoms with Gasteiger partial charge in [-0.2, -0.15) is 0 Å². The normalized spacial score (nSPS) is 36.5. The van der Waals surface area contributed by atoms with Crippen molar-refractivity contribution in [3.05, 3.63) is 23.8 Å². The molecule has 2 fully saturated rings. The average molecular weight is 263 g/mol. The molecule has 1 heterocycles. The summed E-state index contributed by atoms with van der Waals surface area (Å²) in [5.74, 6) is 0. The van der Waals surface area contributed by atoms with E-state index in [2.05, 4.69) is 44.4 Å². The lowest BCUT2D eigenvalue weighted by Crippen LogP contribution is -2.64. The molecule has 1 N–H and O–H groups in total. The maximum Gasteiger partial charge on any atom is 0.0905 e. The Morgan fingerprint density at radius 3 is 2.53 bits per heavy atom. The lowest BCUT2D eigenvalue weighted by Gasteiger charge is -2.52. The van der Waals surface area contributed by atoms with E-state index < -0.39 is 0 Å². The van der Waals surface area contributed by atoms with E-state index in [1.54, 1.807) is 0 Å². The third kappa shape index (κ3) is 2.41. The van der Waals surface area contributed by atoms with Crippen LogP contribution in [0, 0.1) is 0 Å².